The van der Waals surface area contributed by atoms with Gasteiger partial charge in [0, 0.05) is 24.9 Å². The van der Waals surface area contributed by atoms with Gasteiger partial charge < -0.3 is 24.8 Å². The summed E-state index contributed by atoms with van der Waals surface area (Å²) in [7, 11) is 0. The quantitative estimate of drug-likeness (QED) is 0.669. The van der Waals surface area contributed by atoms with Crippen molar-refractivity contribution in [3.63, 3.8) is 0 Å². The molecule has 1 fully saturated rings. The lowest BCUT2D eigenvalue weighted by Gasteiger charge is -2.33. The second-order valence-electron chi connectivity index (χ2n) is 8.30. The van der Waals surface area contributed by atoms with Gasteiger partial charge in [-0.1, -0.05) is 55.5 Å². The number of morpholine rings is 1. The molecule has 1 aliphatic carbocycles. The second-order valence-corrected chi connectivity index (χ2v) is 8.30. The van der Waals surface area contributed by atoms with E-state index >= 15 is 0 Å². The Balaban J connectivity index is 1.35. The molecule has 2 aliphatic rings. The second kappa shape index (κ2) is 10.0. The molecule has 2 atom stereocenters. The van der Waals surface area contributed by atoms with Gasteiger partial charge in [0.05, 0.1) is 13.2 Å². The van der Waals surface area contributed by atoms with E-state index in [1.165, 1.54) is 4.90 Å². The minimum atomic E-state index is -1.10. The van der Waals surface area contributed by atoms with Crippen molar-refractivity contribution < 1.29 is 29.0 Å². The van der Waals surface area contributed by atoms with Gasteiger partial charge in [-0.15, -0.1) is 0 Å². The average molecular weight is 453 g/mol. The summed E-state index contributed by atoms with van der Waals surface area (Å²) < 4.78 is 10.8. The van der Waals surface area contributed by atoms with Gasteiger partial charge in [-0.3, -0.25) is 4.79 Å². The maximum atomic E-state index is 12.7. The Morgan fingerprint density at radius 1 is 1.12 bits per heavy atom. The van der Waals surface area contributed by atoms with Crippen molar-refractivity contribution in [2.45, 2.75) is 37.8 Å². The van der Waals surface area contributed by atoms with E-state index in [0.29, 0.717) is 13.0 Å². The largest absolute Gasteiger partial charge is 0.480 e. The maximum absolute atomic E-state index is 12.7. The molecule has 8 heteroatoms. The molecule has 2 aromatic carbocycles. The third kappa shape index (κ3) is 4.85. The molecule has 1 aliphatic heterocycles. The number of carbonyl (C=O) groups is 3. The minimum Gasteiger partial charge on any atom is -0.480 e. The lowest BCUT2D eigenvalue weighted by Crippen LogP contribution is -2.53. The zero-order valence-electron chi connectivity index (χ0n) is 18.5. The zero-order chi connectivity index (χ0) is 23.4. The Bertz CT molecular complexity index is 994. The number of fused-ring (bicyclic) bond motifs is 3. The van der Waals surface area contributed by atoms with E-state index in [0.717, 1.165) is 22.3 Å². The first-order chi connectivity index (χ1) is 16.0. The average Bonchev–Trinajstić information content (AvgIpc) is 3.16. The number of aliphatic carboxylic acids is 1. The minimum absolute atomic E-state index is 0.00444. The van der Waals surface area contributed by atoms with E-state index in [-0.39, 0.29) is 38.0 Å². The first-order valence-corrected chi connectivity index (χ1v) is 11.2. The monoisotopic (exact) mass is 452 g/mol. The molecule has 174 valence electrons. The molecule has 1 saturated heterocycles. The SMILES string of the molecule is CC[C@H](CC(=O)N1CCOCC1C(=O)O)NC(=O)OCC1c2ccccc2-c2ccccc21. The number of nitrogens with zero attached hydrogens (tertiary/aromatic N) is 1. The molecule has 8 nitrogen and oxygen atoms in total. The highest BCUT2D eigenvalue weighted by atomic mass is 16.5. The van der Waals surface area contributed by atoms with Crippen molar-refractivity contribution in [1.82, 2.24) is 10.2 Å². The Kier molecular flexibility index (Phi) is 6.93. The van der Waals surface area contributed by atoms with E-state index < -0.39 is 24.1 Å². The summed E-state index contributed by atoms with van der Waals surface area (Å²) in [5.41, 5.74) is 4.55. The van der Waals surface area contributed by atoms with Crippen LogP contribution in [0.25, 0.3) is 11.1 Å². The van der Waals surface area contributed by atoms with Gasteiger partial charge in [0.25, 0.3) is 0 Å². The van der Waals surface area contributed by atoms with Crippen LogP contribution in [0, 0.1) is 0 Å². The standard InChI is InChI=1S/C25H28N2O6/c1-2-16(13-23(28)27-11-12-32-15-22(27)24(29)30)26-25(31)33-14-21-19-9-5-3-7-17(19)18-8-4-6-10-20(18)21/h3-10,16,21-22H,2,11-15H2,1H3,(H,26,31)(H,29,30)/t16-,22?/m1/s1. The molecule has 0 radical (unpaired) electrons. The Hall–Kier alpha value is -3.39. The predicted molar refractivity (Wildman–Crippen MR) is 121 cm³/mol. The maximum Gasteiger partial charge on any atom is 0.407 e. The summed E-state index contributed by atoms with van der Waals surface area (Å²) in [5.74, 6) is -1.47. The fourth-order valence-electron chi connectivity index (χ4n) is 4.54. The molecule has 0 bridgehead atoms. The Morgan fingerprint density at radius 3 is 2.36 bits per heavy atom. The number of amides is 2. The van der Waals surface area contributed by atoms with Crippen molar-refractivity contribution in [2.24, 2.45) is 0 Å². The predicted octanol–water partition coefficient (Wildman–Crippen LogP) is 3.01. The number of carbonyl (C=O) groups excluding carboxylic acids is 2. The van der Waals surface area contributed by atoms with Crippen molar-refractivity contribution in [1.29, 1.82) is 0 Å². The van der Waals surface area contributed by atoms with E-state index in [4.69, 9.17) is 9.47 Å². The highest BCUT2D eigenvalue weighted by Crippen LogP contribution is 2.44. The van der Waals surface area contributed by atoms with Gasteiger partial charge >= 0.3 is 12.1 Å². The van der Waals surface area contributed by atoms with E-state index in [1.54, 1.807) is 0 Å². The molecular formula is C25H28N2O6. The molecule has 1 heterocycles. The number of carboxylic acids is 1. The molecule has 2 amide bonds. The van der Waals surface area contributed by atoms with Crippen molar-refractivity contribution in [3.05, 3.63) is 59.7 Å². The van der Waals surface area contributed by atoms with Gasteiger partial charge in [0.1, 0.15) is 6.61 Å². The van der Waals surface area contributed by atoms with Gasteiger partial charge in [-0.25, -0.2) is 9.59 Å². The van der Waals surface area contributed by atoms with E-state index in [2.05, 4.69) is 29.6 Å². The van der Waals surface area contributed by atoms with Crippen LogP contribution in [0.3, 0.4) is 0 Å². The molecule has 1 unspecified atom stereocenters. The topological polar surface area (TPSA) is 105 Å². The Labute approximate surface area is 192 Å². The van der Waals surface area contributed by atoms with Crippen molar-refractivity contribution in [3.8, 4) is 11.1 Å². The van der Waals surface area contributed by atoms with Crippen LogP contribution >= 0.6 is 0 Å². The normalized spacial score (nSPS) is 18.2. The molecule has 4 rings (SSSR count). The smallest absolute Gasteiger partial charge is 0.407 e. The van der Waals surface area contributed by atoms with Crippen LogP contribution in [0.2, 0.25) is 0 Å². The fraction of sp³-hybridized carbons (Fsp3) is 0.400. The number of benzene rings is 2. The molecule has 0 saturated carbocycles. The van der Waals surface area contributed by atoms with Crippen LogP contribution < -0.4 is 5.32 Å². The molecule has 33 heavy (non-hydrogen) atoms. The molecular weight excluding hydrogens is 424 g/mol. The number of nitrogens with one attached hydrogen (secondary N) is 1. The van der Waals surface area contributed by atoms with Crippen molar-refractivity contribution in [2.75, 3.05) is 26.4 Å². The number of ether oxygens (including phenoxy) is 2. The van der Waals surface area contributed by atoms with Gasteiger partial charge in [-0.05, 0) is 28.7 Å². The Morgan fingerprint density at radius 2 is 1.76 bits per heavy atom. The summed E-state index contributed by atoms with van der Waals surface area (Å²) in [6.45, 7) is 2.53. The highest BCUT2D eigenvalue weighted by molar-refractivity contribution is 5.84. The molecule has 0 aromatic heterocycles. The van der Waals surface area contributed by atoms with Crippen LogP contribution in [-0.2, 0) is 19.1 Å². The molecule has 2 aromatic rings. The lowest BCUT2D eigenvalue weighted by atomic mass is 9.98. The van der Waals surface area contributed by atoms with Crippen LogP contribution in [0.4, 0.5) is 4.79 Å². The van der Waals surface area contributed by atoms with Crippen molar-refractivity contribution >= 4 is 18.0 Å². The number of carboxylic acid groups (broad SMARTS) is 1. The van der Waals surface area contributed by atoms with E-state index in [9.17, 15) is 19.5 Å². The van der Waals surface area contributed by atoms with E-state index in [1.807, 2.05) is 31.2 Å². The highest BCUT2D eigenvalue weighted by Gasteiger charge is 2.34. The van der Waals surface area contributed by atoms with Gasteiger partial charge in [0.2, 0.25) is 5.91 Å². The summed E-state index contributed by atoms with van der Waals surface area (Å²) in [4.78, 5) is 38.0. The van der Waals surface area contributed by atoms with Gasteiger partial charge in [-0.2, -0.15) is 0 Å². The first-order valence-electron chi connectivity index (χ1n) is 11.2. The van der Waals surface area contributed by atoms with Crippen LogP contribution in [0.15, 0.2) is 48.5 Å². The number of hydrogen-bond acceptors (Lipinski definition) is 5. The third-order valence-corrected chi connectivity index (χ3v) is 6.31. The summed E-state index contributed by atoms with van der Waals surface area (Å²) in [6, 6.07) is 14.7. The first kappa shape index (κ1) is 22.8. The van der Waals surface area contributed by atoms with Crippen LogP contribution in [-0.4, -0.2) is 66.4 Å². The number of alkyl carbamates (subject to hydrolysis) is 1. The summed E-state index contributed by atoms with van der Waals surface area (Å²) >= 11 is 0. The van der Waals surface area contributed by atoms with Crippen LogP contribution in [0.1, 0.15) is 36.8 Å². The molecule has 0 spiro atoms. The number of hydrogen-bond donors (Lipinski definition) is 2. The summed E-state index contributed by atoms with van der Waals surface area (Å²) in [6.07, 6.45) is -0.0732. The number of rotatable bonds is 7. The summed E-state index contributed by atoms with van der Waals surface area (Å²) in [5, 5.41) is 12.1. The third-order valence-electron chi connectivity index (χ3n) is 6.31. The lowest BCUT2D eigenvalue weighted by molar-refractivity contribution is -0.158. The fourth-order valence-corrected chi connectivity index (χ4v) is 4.54. The van der Waals surface area contributed by atoms with Crippen LogP contribution in [0.5, 0.6) is 0 Å². The van der Waals surface area contributed by atoms with Gasteiger partial charge in [0.15, 0.2) is 6.04 Å². The molecule has 2 N–H and O–H groups in total. The zero-order valence-corrected chi connectivity index (χ0v) is 18.5.